The van der Waals surface area contributed by atoms with Crippen molar-refractivity contribution in [3.05, 3.63) is 41.5 Å². The number of esters is 1. The number of rotatable bonds is 16. The van der Waals surface area contributed by atoms with Gasteiger partial charge >= 0.3 is 5.97 Å². The van der Waals surface area contributed by atoms with Gasteiger partial charge in [0.05, 0.1) is 5.56 Å². The molecule has 1 unspecified atom stereocenters. The highest BCUT2D eigenvalue weighted by atomic mass is 35.5. The molecule has 0 amide bonds. The van der Waals surface area contributed by atoms with Gasteiger partial charge in [-0.25, -0.2) is 0 Å². The number of piperidine rings is 1. The summed E-state index contributed by atoms with van der Waals surface area (Å²) in [4.78, 5) is 18.3. The van der Waals surface area contributed by atoms with E-state index in [-0.39, 0.29) is 24.0 Å². The van der Waals surface area contributed by atoms with Crippen molar-refractivity contribution in [1.29, 1.82) is 0 Å². The summed E-state index contributed by atoms with van der Waals surface area (Å²) in [6.07, 6.45) is 17.3. The smallest absolute Gasteiger partial charge is 0.311 e. The molecule has 3 aliphatic rings. The zero-order valence-corrected chi connectivity index (χ0v) is 28.5. The van der Waals surface area contributed by atoms with Crippen LogP contribution in [0.5, 0.6) is 11.5 Å². The van der Waals surface area contributed by atoms with E-state index in [1.807, 2.05) is 6.08 Å². The lowest BCUT2D eigenvalue weighted by Crippen LogP contribution is -2.45. The van der Waals surface area contributed by atoms with E-state index in [1.165, 1.54) is 61.7 Å². The zero-order valence-electron chi connectivity index (χ0n) is 27.7. The summed E-state index contributed by atoms with van der Waals surface area (Å²) in [6, 6.07) is 4.42. The molecular formula is C37H59ClN2O3. The molecule has 3 aliphatic heterocycles. The van der Waals surface area contributed by atoms with Crippen LogP contribution < -0.4 is 9.47 Å². The second-order valence-electron chi connectivity index (χ2n) is 13.1. The Kier molecular flexibility index (Phi) is 14.6. The maximum atomic E-state index is 13.3. The van der Waals surface area contributed by atoms with Gasteiger partial charge in [0.25, 0.3) is 0 Å². The van der Waals surface area contributed by atoms with Crippen LogP contribution in [0.25, 0.3) is 5.57 Å². The number of halogens is 1. The molecule has 0 radical (unpaired) electrons. The topological polar surface area (TPSA) is 42.0 Å². The van der Waals surface area contributed by atoms with Crippen molar-refractivity contribution >= 4 is 23.9 Å². The SMILES string of the molecule is C=CCN1CCC2=C(C1)c1c(OC(=O)CCCN3CCCCC3)cc(CCC(C)CCCCC)cc1OC2(CC)CC.Cl. The zero-order chi connectivity index (χ0) is 30.0. The minimum absolute atomic E-state index is 0. The monoisotopic (exact) mass is 614 g/mol. The Balaban J connectivity index is 0.00000506. The van der Waals surface area contributed by atoms with Crippen molar-refractivity contribution in [3.63, 3.8) is 0 Å². The largest absolute Gasteiger partial charge is 0.482 e. The minimum atomic E-state index is -0.287. The van der Waals surface area contributed by atoms with E-state index in [4.69, 9.17) is 9.47 Å². The Bertz CT molecular complexity index is 1070. The van der Waals surface area contributed by atoms with Gasteiger partial charge in [0.1, 0.15) is 17.1 Å². The van der Waals surface area contributed by atoms with E-state index in [1.54, 1.807) is 0 Å². The highest BCUT2D eigenvalue weighted by Crippen LogP contribution is 2.51. The number of hydrogen-bond acceptors (Lipinski definition) is 5. The first-order chi connectivity index (χ1) is 20.4. The lowest BCUT2D eigenvalue weighted by atomic mass is 9.76. The van der Waals surface area contributed by atoms with Gasteiger partial charge in [-0.1, -0.05) is 65.9 Å². The van der Waals surface area contributed by atoms with Crippen LogP contribution in [0.4, 0.5) is 0 Å². The predicted octanol–water partition coefficient (Wildman–Crippen LogP) is 9.03. The van der Waals surface area contributed by atoms with Gasteiger partial charge in [0, 0.05) is 26.1 Å². The fraction of sp³-hybridized carbons (Fsp3) is 0.703. The third-order valence-electron chi connectivity index (χ3n) is 9.99. The van der Waals surface area contributed by atoms with E-state index in [2.05, 4.69) is 56.2 Å². The standard InChI is InChI=1S/C37H58N2O3.ClH/c1-6-10-12-16-29(5)18-19-30-26-33(41-35(40)17-15-24-38-22-13-11-14-23-38)36-31-28-39(21-7-2)25-20-32(31)37(8-3,9-4)42-34(36)27-30;/h7,26-27,29H,2,6,8-25,28H2,1,3-5H3;1H. The van der Waals surface area contributed by atoms with E-state index < -0.39 is 0 Å². The summed E-state index contributed by atoms with van der Waals surface area (Å²) in [6.45, 7) is 19.1. The van der Waals surface area contributed by atoms with Gasteiger partial charge in [-0.15, -0.1) is 19.0 Å². The number of aryl methyl sites for hydroxylation is 1. The van der Waals surface area contributed by atoms with Crippen molar-refractivity contribution in [2.24, 2.45) is 5.92 Å². The summed E-state index contributed by atoms with van der Waals surface area (Å²) in [5, 5.41) is 0. The van der Waals surface area contributed by atoms with Crippen molar-refractivity contribution in [3.8, 4) is 11.5 Å². The highest BCUT2D eigenvalue weighted by Gasteiger charge is 2.43. The molecule has 5 nitrogen and oxygen atoms in total. The average molecular weight is 615 g/mol. The lowest BCUT2D eigenvalue weighted by molar-refractivity contribution is -0.134. The third-order valence-corrected chi connectivity index (χ3v) is 9.99. The van der Waals surface area contributed by atoms with Crippen LogP contribution in [0.3, 0.4) is 0 Å². The van der Waals surface area contributed by atoms with Crippen molar-refractivity contribution in [2.45, 2.75) is 123 Å². The maximum Gasteiger partial charge on any atom is 0.311 e. The van der Waals surface area contributed by atoms with E-state index in [0.717, 1.165) is 89.1 Å². The molecule has 43 heavy (non-hydrogen) atoms. The molecule has 0 aromatic heterocycles. The van der Waals surface area contributed by atoms with Crippen LogP contribution in [0, 0.1) is 5.92 Å². The molecule has 1 aromatic carbocycles. The summed E-state index contributed by atoms with van der Waals surface area (Å²) in [7, 11) is 0. The van der Waals surface area contributed by atoms with Crippen LogP contribution in [-0.2, 0) is 11.2 Å². The summed E-state index contributed by atoms with van der Waals surface area (Å²) >= 11 is 0. The van der Waals surface area contributed by atoms with Crippen LogP contribution in [0.2, 0.25) is 0 Å². The molecule has 0 aliphatic carbocycles. The molecule has 3 heterocycles. The van der Waals surface area contributed by atoms with Gasteiger partial charge in [-0.3, -0.25) is 9.69 Å². The van der Waals surface area contributed by atoms with E-state index in [0.29, 0.717) is 18.1 Å². The van der Waals surface area contributed by atoms with Crippen LogP contribution in [0.1, 0.15) is 122 Å². The van der Waals surface area contributed by atoms with Crippen molar-refractivity contribution in [2.75, 3.05) is 39.3 Å². The quantitative estimate of drug-likeness (QED) is 0.0804. The molecule has 1 fully saturated rings. The number of benzene rings is 1. The first-order valence-electron chi connectivity index (χ1n) is 17.3. The predicted molar refractivity (Wildman–Crippen MR) is 183 cm³/mol. The number of ether oxygens (including phenoxy) is 2. The normalized spacial score (nSPS) is 19.1. The van der Waals surface area contributed by atoms with Crippen LogP contribution in [-0.4, -0.2) is 60.6 Å². The lowest BCUT2D eigenvalue weighted by Gasteiger charge is -2.45. The molecule has 1 atom stereocenters. The number of hydrogen-bond donors (Lipinski definition) is 0. The Morgan fingerprint density at radius 2 is 1.81 bits per heavy atom. The van der Waals surface area contributed by atoms with Crippen molar-refractivity contribution in [1.82, 2.24) is 9.80 Å². The van der Waals surface area contributed by atoms with Crippen LogP contribution in [0.15, 0.2) is 30.4 Å². The van der Waals surface area contributed by atoms with E-state index in [9.17, 15) is 4.79 Å². The molecule has 1 aromatic rings. The molecule has 4 rings (SSSR count). The Morgan fingerprint density at radius 1 is 1.05 bits per heavy atom. The molecule has 0 saturated carbocycles. The Hall–Kier alpha value is -1.82. The van der Waals surface area contributed by atoms with Gasteiger partial charge < -0.3 is 14.4 Å². The number of fused-ring (bicyclic) bond motifs is 2. The second-order valence-corrected chi connectivity index (χ2v) is 13.1. The molecule has 0 N–H and O–H groups in total. The Morgan fingerprint density at radius 3 is 2.51 bits per heavy atom. The summed E-state index contributed by atoms with van der Waals surface area (Å²) in [5.74, 6) is 2.17. The van der Waals surface area contributed by atoms with Gasteiger partial charge in [0.15, 0.2) is 0 Å². The number of nitrogens with zero attached hydrogens (tertiary/aromatic N) is 2. The van der Waals surface area contributed by atoms with Crippen LogP contribution >= 0.6 is 12.4 Å². The van der Waals surface area contributed by atoms with Gasteiger partial charge in [-0.2, -0.15) is 0 Å². The molecule has 6 heteroatoms. The number of unbranched alkanes of at least 4 members (excludes halogenated alkanes) is 2. The average Bonchev–Trinajstić information content (AvgIpc) is 3.00. The second kappa shape index (κ2) is 17.6. The summed E-state index contributed by atoms with van der Waals surface area (Å²) in [5.41, 5.74) is 4.66. The fourth-order valence-electron chi connectivity index (χ4n) is 7.33. The fourth-order valence-corrected chi connectivity index (χ4v) is 7.33. The molecule has 0 spiro atoms. The van der Waals surface area contributed by atoms with E-state index >= 15 is 0 Å². The molecule has 0 bridgehead atoms. The molecule has 242 valence electrons. The number of carbonyl (C=O) groups excluding carboxylic acids is 1. The molecule has 1 saturated heterocycles. The maximum absolute atomic E-state index is 13.3. The van der Waals surface area contributed by atoms with Crippen molar-refractivity contribution < 1.29 is 14.3 Å². The summed E-state index contributed by atoms with van der Waals surface area (Å²) < 4.78 is 13.3. The van der Waals surface area contributed by atoms with Gasteiger partial charge in [0.2, 0.25) is 0 Å². The Labute approximate surface area is 268 Å². The number of carbonyl (C=O) groups is 1. The third kappa shape index (κ3) is 9.34. The first kappa shape index (κ1) is 35.7. The number of likely N-dealkylation sites (tertiary alicyclic amines) is 1. The first-order valence-corrected chi connectivity index (χ1v) is 17.3. The van der Waals surface area contributed by atoms with Gasteiger partial charge in [-0.05, 0) is 106 Å². The molecular weight excluding hydrogens is 556 g/mol. The minimum Gasteiger partial charge on any atom is -0.482 e. The highest BCUT2D eigenvalue weighted by molar-refractivity contribution is 5.85.